The normalized spacial score (nSPS) is 19.7. The van der Waals surface area contributed by atoms with Gasteiger partial charge in [0, 0.05) is 19.2 Å². The van der Waals surface area contributed by atoms with Gasteiger partial charge in [-0.15, -0.1) is 0 Å². The number of methoxy groups -OCH3 is 1. The Kier molecular flexibility index (Phi) is 2.73. The number of carbonyl (C=O) groups is 1. The van der Waals surface area contributed by atoms with Gasteiger partial charge in [0.2, 0.25) is 0 Å². The molecule has 0 amide bonds. The highest BCUT2D eigenvalue weighted by Crippen LogP contribution is 2.19. The zero-order valence-electron chi connectivity index (χ0n) is 8.77. The largest absolute Gasteiger partial charge is 0.464 e. The van der Waals surface area contributed by atoms with Crippen molar-refractivity contribution in [2.75, 3.05) is 13.7 Å². The molecule has 0 saturated heterocycles. The predicted octanol–water partition coefficient (Wildman–Crippen LogP) is 0.191. The summed E-state index contributed by atoms with van der Waals surface area (Å²) in [6.45, 7) is 1.54. The first-order valence-electron chi connectivity index (χ1n) is 5.09. The van der Waals surface area contributed by atoms with Gasteiger partial charge in [0.15, 0.2) is 5.69 Å². The molecular weight excluding hydrogens is 194 g/mol. The fraction of sp³-hybridized carbons (Fsp3) is 0.600. The van der Waals surface area contributed by atoms with Gasteiger partial charge in [0.05, 0.1) is 7.11 Å². The predicted molar refractivity (Wildman–Crippen MR) is 54.4 cm³/mol. The van der Waals surface area contributed by atoms with E-state index in [1.807, 2.05) is 4.57 Å². The van der Waals surface area contributed by atoms with Crippen LogP contribution in [0.5, 0.6) is 0 Å². The minimum absolute atomic E-state index is 0.374. The number of hydrogen-bond donors (Lipinski definition) is 1. The van der Waals surface area contributed by atoms with Crippen molar-refractivity contribution in [2.45, 2.75) is 19.4 Å². The van der Waals surface area contributed by atoms with Crippen molar-refractivity contribution in [1.29, 1.82) is 0 Å². The van der Waals surface area contributed by atoms with Crippen molar-refractivity contribution >= 4 is 5.97 Å². The second-order valence-electron chi connectivity index (χ2n) is 3.83. The van der Waals surface area contributed by atoms with E-state index in [9.17, 15) is 4.79 Å². The van der Waals surface area contributed by atoms with Crippen LogP contribution in [0.1, 0.15) is 22.7 Å². The van der Waals surface area contributed by atoms with Crippen LogP contribution in [0.15, 0.2) is 6.20 Å². The summed E-state index contributed by atoms with van der Waals surface area (Å²) in [5.41, 5.74) is 6.02. The van der Waals surface area contributed by atoms with Crippen molar-refractivity contribution in [3.05, 3.63) is 17.7 Å². The van der Waals surface area contributed by atoms with Crippen LogP contribution < -0.4 is 5.73 Å². The fourth-order valence-corrected chi connectivity index (χ4v) is 1.91. The summed E-state index contributed by atoms with van der Waals surface area (Å²) in [5.74, 6) is 1.08. The van der Waals surface area contributed by atoms with E-state index in [4.69, 9.17) is 5.73 Å². The van der Waals surface area contributed by atoms with Gasteiger partial charge in [-0.1, -0.05) is 0 Å². The van der Waals surface area contributed by atoms with E-state index >= 15 is 0 Å². The van der Waals surface area contributed by atoms with Crippen molar-refractivity contribution < 1.29 is 9.53 Å². The van der Waals surface area contributed by atoms with Crippen LogP contribution in [0.3, 0.4) is 0 Å². The van der Waals surface area contributed by atoms with Gasteiger partial charge in [0.1, 0.15) is 5.82 Å². The zero-order valence-corrected chi connectivity index (χ0v) is 8.77. The Morgan fingerprint density at radius 2 is 2.60 bits per heavy atom. The topological polar surface area (TPSA) is 70.1 Å². The van der Waals surface area contributed by atoms with E-state index in [0.29, 0.717) is 18.2 Å². The van der Waals surface area contributed by atoms with Gasteiger partial charge in [-0.25, -0.2) is 9.78 Å². The van der Waals surface area contributed by atoms with Crippen molar-refractivity contribution in [1.82, 2.24) is 9.55 Å². The average molecular weight is 209 g/mol. The van der Waals surface area contributed by atoms with Crippen molar-refractivity contribution in [3.63, 3.8) is 0 Å². The molecular formula is C10H15N3O2. The van der Waals surface area contributed by atoms with Gasteiger partial charge in [-0.2, -0.15) is 0 Å². The van der Waals surface area contributed by atoms with Crippen LogP contribution in [0.4, 0.5) is 0 Å². The number of imidazole rings is 1. The van der Waals surface area contributed by atoms with Crippen LogP contribution >= 0.6 is 0 Å². The van der Waals surface area contributed by atoms with Gasteiger partial charge in [-0.05, 0) is 18.9 Å². The third-order valence-corrected chi connectivity index (χ3v) is 2.82. The lowest BCUT2D eigenvalue weighted by Gasteiger charge is -2.21. The van der Waals surface area contributed by atoms with E-state index in [-0.39, 0.29) is 5.97 Å². The molecule has 0 aromatic carbocycles. The zero-order chi connectivity index (χ0) is 10.8. The highest BCUT2D eigenvalue weighted by Gasteiger charge is 2.21. The van der Waals surface area contributed by atoms with E-state index in [2.05, 4.69) is 9.72 Å². The number of nitrogens with zero attached hydrogens (tertiary/aromatic N) is 2. The molecule has 1 aliphatic heterocycles. The number of rotatable bonds is 2. The van der Waals surface area contributed by atoms with E-state index < -0.39 is 0 Å². The first-order valence-corrected chi connectivity index (χ1v) is 5.09. The maximum atomic E-state index is 11.3. The third-order valence-electron chi connectivity index (χ3n) is 2.82. The quantitative estimate of drug-likeness (QED) is 0.706. The number of ether oxygens (including phenoxy) is 1. The highest BCUT2D eigenvalue weighted by atomic mass is 16.5. The van der Waals surface area contributed by atoms with Gasteiger partial charge >= 0.3 is 5.97 Å². The molecule has 1 aromatic heterocycles. The van der Waals surface area contributed by atoms with E-state index in [1.54, 1.807) is 6.20 Å². The summed E-state index contributed by atoms with van der Waals surface area (Å²) in [6, 6.07) is 0. The lowest BCUT2D eigenvalue weighted by molar-refractivity contribution is 0.0594. The third kappa shape index (κ3) is 1.87. The molecule has 0 saturated carbocycles. The number of fused-ring (bicyclic) bond motifs is 1. The van der Waals surface area contributed by atoms with E-state index in [0.717, 1.165) is 25.2 Å². The van der Waals surface area contributed by atoms with Crippen molar-refractivity contribution in [3.8, 4) is 0 Å². The van der Waals surface area contributed by atoms with Crippen LogP contribution in [-0.4, -0.2) is 29.2 Å². The molecule has 1 aliphatic rings. The molecule has 0 aliphatic carbocycles. The maximum absolute atomic E-state index is 11.3. The molecule has 1 atom stereocenters. The second kappa shape index (κ2) is 4.02. The lowest BCUT2D eigenvalue weighted by Crippen LogP contribution is -2.25. The highest BCUT2D eigenvalue weighted by molar-refractivity contribution is 5.86. The molecule has 2 N–H and O–H groups in total. The Morgan fingerprint density at radius 3 is 3.27 bits per heavy atom. The molecule has 0 spiro atoms. The van der Waals surface area contributed by atoms with Gasteiger partial charge in [-0.3, -0.25) is 0 Å². The summed E-state index contributed by atoms with van der Waals surface area (Å²) in [4.78, 5) is 15.5. The molecule has 82 valence electrons. The van der Waals surface area contributed by atoms with Gasteiger partial charge in [0.25, 0.3) is 0 Å². The Balaban J connectivity index is 2.21. The van der Waals surface area contributed by atoms with Crippen LogP contribution in [0.2, 0.25) is 0 Å². The fourth-order valence-electron chi connectivity index (χ4n) is 1.91. The number of aromatic nitrogens is 2. The molecule has 2 heterocycles. The van der Waals surface area contributed by atoms with Crippen LogP contribution in [0.25, 0.3) is 0 Å². The first kappa shape index (κ1) is 10.2. The summed E-state index contributed by atoms with van der Waals surface area (Å²) in [7, 11) is 1.36. The summed E-state index contributed by atoms with van der Waals surface area (Å²) in [6.07, 6.45) is 3.69. The standard InChI is InChI=1S/C10H15N3O2/c1-15-10(14)8-6-13-5-7(4-11)2-3-9(13)12-8/h6-7H,2-5,11H2,1H3. The van der Waals surface area contributed by atoms with Crippen LogP contribution in [0, 0.1) is 5.92 Å². The minimum atomic E-state index is -0.374. The molecule has 1 unspecified atom stereocenters. The Hall–Kier alpha value is -1.36. The summed E-state index contributed by atoms with van der Waals surface area (Å²) in [5, 5.41) is 0. The lowest BCUT2D eigenvalue weighted by atomic mass is 10.00. The molecule has 0 bridgehead atoms. The average Bonchev–Trinajstić information content (AvgIpc) is 2.70. The molecule has 15 heavy (non-hydrogen) atoms. The summed E-state index contributed by atoms with van der Waals surface area (Å²) >= 11 is 0. The Labute approximate surface area is 88.2 Å². The summed E-state index contributed by atoms with van der Waals surface area (Å²) < 4.78 is 6.63. The SMILES string of the molecule is COC(=O)c1cn2c(n1)CCC(CN)C2. The minimum Gasteiger partial charge on any atom is -0.464 e. The monoisotopic (exact) mass is 209 g/mol. The number of esters is 1. The maximum Gasteiger partial charge on any atom is 0.358 e. The smallest absolute Gasteiger partial charge is 0.358 e. The Bertz CT molecular complexity index is 373. The molecule has 5 nitrogen and oxygen atoms in total. The number of nitrogens with two attached hydrogens (primary N) is 1. The molecule has 2 rings (SSSR count). The van der Waals surface area contributed by atoms with E-state index in [1.165, 1.54) is 7.11 Å². The number of hydrogen-bond acceptors (Lipinski definition) is 4. The first-order chi connectivity index (χ1) is 7.24. The van der Waals surface area contributed by atoms with Crippen LogP contribution in [-0.2, 0) is 17.7 Å². The molecule has 0 fully saturated rings. The molecule has 5 heteroatoms. The molecule has 0 radical (unpaired) electrons. The second-order valence-corrected chi connectivity index (χ2v) is 3.83. The number of carbonyl (C=O) groups excluding carboxylic acids is 1. The van der Waals surface area contributed by atoms with Crippen molar-refractivity contribution in [2.24, 2.45) is 11.7 Å². The number of aryl methyl sites for hydroxylation is 1. The van der Waals surface area contributed by atoms with Gasteiger partial charge < -0.3 is 15.0 Å². The molecule has 1 aromatic rings. The Morgan fingerprint density at radius 1 is 1.80 bits per heavy atom.